The van der Waals surface area contributed by atoms with Crippen LogP contribution in [0.5, 0.6) is 0 Å². The minimum atomic E-state index is -4.94. The van der Waals surface area contributed by atoms with Crippen molar-refractivity contribution in [1.82, 2.24) is 49.9 Å². The van der Waals surface area contributed by atoms with Crippen LogP contribution in [0.1, 0.15) is 54.5 Å². The van der Waals surface area contributed by atoms with Crippen LogP contribution < -0.4 is 18.6 Å². The Morgan fingerprint density at radius 1 is 0.552 bits per heavy atom. The molecule has 0 aliphatic rings. The molecule has 0 N–H and O–H groups in total. The van der Waals surface area contributed by atoms with Crippen molar-refractivity contribution in [3.63, 3.8) is 0 Å². The summed E-state index contributed by atoms with van der Waals surface area (Å²) in [5, 5.41) is 48.4. The van der Waals surface area contributed by atoms with Crippen molar-refractivity contribution in [2.24, 2.45) is 0 Å². The van der Waals surface area contributed by atoms with Gasteiger partial charge in [-0.25, -0.2) is 32.7 Å². The summed E-state index contributed by atoms with van der Waals surface area (Å²) in [4.78, 5) is 3.74. The van der Waals surface area contributed by atoms with Gasteiger partial charge in [0.05, 0.1) is 73.5 Å². The standard InChI is InChI=1S/C30H30N10.3C2H3N.ClHO4.Co.N3/c1-4-10-25(11-5-1)16-38-22-28(31-34-38)19-37(20-29-23-39(35-32-29)17-26-12-6-2-7-13-26)21-30-24-40(36-33-30)18-27-14-8-3-9-15-27;3*1-2-3;2-1(3,4)5;;1-3-2/h1-15,22-24H,16-21H2;3*1H3;(H,2,3,4,5);;/q;;;;;+2;-1/p-1. The Bertz CT molecular complexity index is 1890. The predicted octanol–water partition coefficient (Wildman–Crippen LogP) is 1.51. The summed E-state index contributed by atoms with van der Waals surface area (Å²) in [7, 11) is -4.94. The van der Waals surface area contributed by atoms with E-state index >= 15 is 0 Å². The molecule has 20 nitrogen and oxygen atoms in total. The van der Waals surface area contributed by atoms with Crippen LogP contribution in [-0.2, 0) is 56.0 Å². The van der Waals surface area contributed by atoms with Crippen LogP contribution in [0.15, 0.2) is 110 Å². The van der Waals surface area contributed by atoms with Crippen molar-refractivity contribution in [3.8, 4) is 18.2 Å². The minimum Gasteiger partial charge on any atom is -0.373 e. The SMILES string of the molecule is CC#N.CC#N.CC#N.[Co+2].[N-]=[N+]=[N-].[O-][Cl+3]([O-])([O-])[O-].c1ccc(Cn2cc(CN(Cc3cn(Cc4ccccc4)nn3)Cc3cn(Cc4ccccc4)nn3)nn2)cc1. The van der Waals surface area contributed by atoms with Gasteiger partial charge in [-0.2, -0.15) is 15.8 Å². The molecule has 0 spiro atoms. The summed E-state index contributed by atoms with van der Waals surface area (Å²) in [5.41, 5.74) is 19.7. The van der Waals surface area contributed by atoms with Crippen LogP contribution in [0.25, 0.3) is 16.0 Å². The van der Waals surface area contributed by atoms with Gasteiger partial charge in [-0.15, -0.1) is 25.5 Å². The third-order valence-electron chi connectivity index (χ3n) is 6.48. The number of rotatable bonds is 12. The maximum atomic E-state index is 8.49. The molecule has 3 aromatic heterocycles. The van der Waals surface area contributed by atoms with E-state index in [1.54, 1.807) is 18.2 Å². The molecule has 0 atom stereocenters. The topological polar surface area (TPSA) is 318 Å². The van der Waals surface area contributed by atoms with Crippen LogP contribution in [0.2, 0.25) is 0 Å². The maximum Gasteiger partial charge on any atom is 2.00 e. The third-order valence-corrected chi connectivity index (χ3v) is 6.48. The molecule has 1 radical (unpaired) electrons. The molecule has 6 aromatic rings. The van der Waals surface area contributed by atoms with E-state index in [1.165, 1.54) is 42.4 Å². The normalized spacial score (nSPS) is 9.40. The fourth-order valence-electron chi connectivity index (χ4n) is 4.63. The van der Waals surface area contributed by atoms with Gasteiger partial charge in [0.2, 0.25) is 0 Å². The predicted molar refractivity (Wildman–Crippen MR) is 194 cm³/mol. The molecule has 0 unspecified atom stereocenters. The Balaban J connectivity index is 0.00000155. The number of aromatic nitrogens is 9. The molecular weight excluding hydrogens is 815 g/mol. The van der Waals surface area contributed by atoms with E-state index in [-0.39, 0.29) is 16.8 Å². The van der Waals surface area contributed by atoms with Gasteiger partial charge in [0.1, 0.15) is 0 Å². The zero-order chi connectivity index (χ0) is 42.3. The molecule has 303 valence electrons. The van der Waals surface area contributed by atoms with E-state index in [0.29, 0.717) is 39.3 Å². The second kappa shape index (κ2) is 30.6. The largest absolute Gasteiger partial charge is 2.00 e. The van der Waals surface area contributed by atoms with E-state index in [0.717, 1.165) is 17.1 Å². The zero-order valence-corrected chi connectivity index (χ0v) is 33.4. The van der Waals surface area contributed by atoms with Crippen molar-refractivity contribution in [3.05, 3.63) is 159 Å². The Labute approximate surface area is 347 Å². The average molecular weight is 854 g/mol. The summed E-state index contributed by atoms with van der Waals surface area (Å²) < 4.78 is 39.6. The molecule has 3 aromatic carbocycles. The van der Waals surface area contributed by atoms with Gasteiger partial charge in [0.25, 0.3) is 0 Å². The Morgan fingerprint density at radius 2 is 0.759 bits per heavy atom. The molecule has 3 heterocycles. The van der Waals surface area contributed by atoms with E-state index in [1.807, 2.05) is 87.2 Å². The van der Waals surface area contributed by atoms with Gasteiger partial charge in [0.15, 0.2) is 0 Å². The monoisotopic (exact) mass is 853 g/mol. The number of hydrogen-bond acceptors (Lipinski definition) is 14. The van der Waals surface area contributed by atoms with Crippen molar-refractivity contribution in [1.29, 1.82) is 15.8 Å². The Morgan fingerprint density at radius 3 is 0.966 bits per heavy atom. The number of halogens is 1. The van der Waals surface area contributed by atoms with Crippen LogP contribution in [0, 0.1) is 44.2 Å². The first-order valence-corrected chi connectivity index (χ1v) is 17.7. The summed E-state index contributed by atoms with van der Waals surface area (Å²) in [6.07, 6.45) is 6.00. The van der Waals surface area contributed by atoms with E-state index < -0.39 is 10.2 Å². The number of benzene rings is 3. The Hall–Kier alpha value is -6.54. The molecule has 22 heteroatoms. The molecule has 0 aliphatic carbocycles. The quantitative estimate of drug-likeness (QED) is 0.0957. The minimum absolute atomic E-state index is 0. The Kier molecular flexibility index (Phi) is 27.2. The van der Waals surface area contributed by atoms with Crippen molar-refractivity contribution < 1.29 is 45.7 Å². The summed E-state index contributed by atoms with van der Waals surface area (Å²) in [5.74, 6) is 0. The van der Waals surface area contributed by atoms with Crippen molar-refractivity contribution in [2.45, 2.75) is 60.0 Å². The molecule has 0 fully saturated rings. The molecule has 6 rings (SSSR count). The van der Waals surface area contributed by atoms with Crippen LogP contribution in [0.3, 0.4) is 0 Å². The molecular formula is C36H39ClCoN16O4. The number of nitriles is 3. The van der Waals surface area contributed by atoms with E-state index in [4.69, 9.17) is 45.5 Å². The first-order valence-electron chi connectivity index (χ1n) is 16.5. The first-order chi connectivity index (χ1) is 27.4. The van der Waals surface area contributed by atoms with Crippen LogP contribution in [-0.4, -0.2) is 49.9 Å². The molecule has 0 bridgehead atoms. The van der Waals surface area contributed by atoms with Crippen LogP contribution >= 0.6 is 0 Å². The van der Waals surface area contributed by atoms with Gasteiger partial charge in [0, 0.05) is 40.4 Å². The summed E-state index contributed by atoms with van der Waals surface area (Å²) >= 11 is 0. The van der Waals surface area contributed by atoms with Gasteiger partial charge < -0.3 is 11.1 Å². The van der Waals surface area contributed by atoms with E-state index in [9.17, 15) is 0 Å². The smallest absolute Gasteiger partial charge is 0.373 e. The molecule has 58 heavy (non-hydrogen) atoms. The molecule has 0 saturated heterocycles. The average Bonchev–Trinajstić information content (AvgIpc) is 3.92. The first kappa shape index (κ1) is 51.5. The van der Waals surface area contributed by atoms with Crippen molar-refractivity contribution >= 4 is 0 Å². The van der Waals surface area contributed by atoms with E-state index in [2.05, 4.69) is 72.2 Å². The van der Waals surface area contributed by atoms with Gasteiger partial charge in [-0.3, -0.25) is 9.81 Å². The van der Waals surface area contributed by atoms with Crippen molar-refractivity contribution in [2.75, 3.05) is 0 Å². The maximum absolute atomic E-state index is 8.49. The number of nitrogens with zero attached hydrogens (tertiary/aromatic N) is 16. The second-order valence-electron chi connectivity index (χ2n) is 11.0. The summed E-state index contributed by atoms with van der Waals surface area (Å²) in [6, 6.07) is 36.0. The fraction of sp³-hybridized carbons (Fsp3) is 0.250. The van der Waals surface area contributed by atoms with Gasteiger partial charge in [-0.05, 0) is 16.7 Å². The fourth-order valence-corrected chi connectivity index (χ4v) is 4.63. The zero-order valence-electron chi connectivity index (χ0n) is 31.6. The second-order valence-corrected chi connectivity index (χ2v) is 11.7. The molecule has 0 saturated carbocycles. The van der Waals surface area contributed by atoms with Gasteiger partial charge >= 0.3 is 16.8 Å². The number of hydrogen-bond donors (Lipinski definition) is 0. The molecule has 0 amide bonds. The summed E-state index contributed by atoms with van der Waals surface area (Å²) in [6.45, 7) is 8.09. The molecule has 0 aliphatic heterocycles. The van der Waals surface area contributed by atoms with Crippen LogP contribution in [0.4, 0.5) is 0 Å². The van der Waals surface area contributed by atoms with Gasteiger partial charge in [-0.1, -0.05) is 107 Å². The third kappa shape index (κ3) is 24.8.